The molecule has 2 rings (SSSR count). The number of carbonyl (C=O) groups is 2. The number of nitrogens with zero attached hydrogens (tertiary/aromatic N) is 4. The van der Waals surface area contributed by atoms with Crippen molar-refractivity contribution in [3.05, 3.63) is 61.8 Å². The minimum absolute atomic E-state index is 0.0358. The van der Waals surface area contributed by atoms with E-state index in [4.69, 9.17) is 11.8 Å². The van der Waals surface area contributed by atoms with Gasteiger partial charge in [-0.1, -0.05) is 12.2 Å². The first-order chi connectivity index (χ1) is 12.7. The highest BCUT2D eigenvalue weighted by molar-refractivity contribution is 6.18. The zero-order valence-electron chi connectivity index (χ0n) is 15.2. The average Bonchev–Trinajstić information content (AvgIpc) is 2.64. The molecular weight excluding hydrogens is 348 g/mol. The third-order valence-corrected chi connectivity index (χ3v) is 4.41. The van der Waals surface area contributed by atoms with Crippen LogP contribution in [0, 0.1) is 24.8 Å². The number of likely N-dealkylation sites (N-methyl/N-ethyl adjacent to an activating group) is 1. The molecule has 0 bridgehead atoms. The van der Waals surface area contributed by atoms with E-state index in [-0.39, 0.29) is 28.0 Å². The Balaban J connectivity index is 2.60. The number of pyridine rings is 1. The molecule has 27 heavy (non-hydrogen) atoms. The van der Waals surface area contributed by atoms with Crippen molar-refractivity contribution in [3.8, 4) is 11.9 Å². The van der Waals surface area contributed by atoms with E-state index in [2.05, 4.69) is 4.85 Å². The van der Waals surface area contributed by atoms with E-state index in [0.29, 0.717) is 5.56 Å². The number of hydrogen-bond acceptors (Lipinski definition) is 5. The maximum atomic E-state index is 12.3. The Hall–Kier alpha value is -3.91. The number of hydrogen-bond donors (Lipinski definition) is 1. The fourth-order valence-electron chi connectivity index (χ4n) is 2.69. The predicted molar refractivity (Wildman–Crippen MR) is 97.6 cm³/mol. The molecule has 0 radical (unpaired) electrons. The van der Waals surface area contributed by atoms with Gasteiger partial charge in [0, 0.05) is 25.2 Å². The van der Waals surface area contributed by atoms with Crippen LogP contribution in [-0.4, -0.2) is 33.4 Å². The predicted octanol–water partition coefficient (Wildman–Crippen LogP) is 1.73. The number of rotatable bonds is 2. The lowest BCUT2D eigenvalue weighted by Crippen LogP contribution is -2.39. The molecular formula is C19H16N4O4. The molecule has 136 valence electrons. The van der Waals surface area contributed by atoms with Crippen LogP contribution in [0.4, 0.5) is 5.69 Å². The van der Waals surface area contributed by atoms with Crippen molar-refractivity contribution >= 4 is 23.6 Å². The summed E-state index contributed by atoms with van der Waals surface area (Å²) in [6, 6.07) is 1.80. The molecule has 0 saturated heterocycles. The number of carbonyl (C=O) groups excluding carboxylic acids is 2. The Morgan fingerprint density at radius 1 is 1.19 bits per heavy atom. The smallest absolute Gasteiger partial charge is 0.271 e. The van der Waals surface area contributed by atoms with Crippen LogP contribution in [0.25, 0.3) is 10.9 Å². The molecule has 1 N–H and O–H groups in total. The van der Waals surface area contributed by atoms with E-state index < -0.39 is 23.3 Å². The fraction of sp³-hybridized carbons (Fsp3) is 0.211. The van der Waals surface area contributed by atoms with Gasteiger partial charge in [0.1, 0.15) is 11.6 Å². The van der Waals surface area contributed by atoms with Crippen LogP contribution >= 0.6 is 0 Å². The summed E-state index contributed by atoms with van der Waals surface area (Å²) in [6.45, 7) is 10.2. The third kappa shape index (κ3) is 3.05. The van der Waals surface area contributed by atoms with Gasteiger partial charge in [-0.3, -0.25) is 23.9 Å². The van der Waals surface area contributed by atoms with Crippen LogP contribution in [0.3, 0.4) is 0 Å². The molecule has 2 amide bonds. The lowest BCUT2D eigenvalue weighted by atomic mass is 9.95. The molecule has 0 saturated carbocycles. The summed E-state index contributed by atoms with van der Waals surface area (Å²) in [5.41, 5.74) is 0.255. The largest absolute Gasteiger partial charge is 0.503 e. The Labute approximate surface area is 155 Å². The summed E-state index contributed by atoms with van der Waals surface area (Å²) >= 11 is 0. The molecule has 0 fully saturated rings. The minimum atomic E-state index is -0.661. The van der Waals surface area contributed by atoms with Gasteiger partial charge in [-0.25, -0.2) is 4.85 Å². The molecule has 8 heteroatoms. The number of allylic oxidation sites excluding steroid dienone is 2. The van der Waals surface area contributed by atoms with Crippen LogP contribution in [0.2, 0.25) is 0 Å². The van der Waals surface area contributed by atoms with E-state index >= 15 is 0 Å². The Bertz CT molecular complexity index is 1100. The van der Waals surface area contributed by atoms with Crippen molar-refractivity contribution < 1.29 is 14.7 Å². The molecule has 8 nitrogen and oxygen atoms in total. The monoisotopic (exact) mass is 364 g/mol. The molecule has 0 aromatic carbocycles. The van der Waals surface area contributed by atoms with Crippen LogP contribution in [-0.2, 0) is 16.6 Å². The lowest BCUT2D eigenvalue weighted by Gasteiger charge is -2.23. The third-order valence-electron chi connectivity index (χ3n) is 4.41. The van der Waals surface area contributed by atoms with Crippen LogP contribution < -0.4 is 5.56 Å². The van der Waals surface area contributed by atoms with Gasteiger partial charge in [0.2, 0.25) is 5.69 Å². The second-order valence-electron chi connectivity index (χ2n) is 5.91. The van der Waals surface area contributed by atoms with E-state index in [0.717, 1.165) is 9.47 Å². The summed E-state index contributed by atoms with van der Waals surface area (Å²) in [6.07, 6.45) is 4.26. The number of aromatic hydroxyl groups is 1. The summed E-state index contributed by atoms with van der Waals surface area (Å²) in [5.74, 6) is -1.63. The van der Waals surface area contributed by atoms with Gasteiger partial charge in [-0.05, 0) is 31.1 Å². The quantitative estimate of drug-likeness (QED) is 0.488. The van der Waals surface area contributed by atoms with Gasteiger partial charge < -0.3 is 5.11 Å². The average molecular weight is 364 g/mol. The highest BCUT2D eigenvalue weighted by atomic mass is 16.3. The van der Waals surface area contributed by atoms with Crippen molar-refractivity contribution in [1.82, 2.24) is 9.47 Å². The first-order valence-electron chi connectivity index (χ1n) is 7.79. The molecule has 1 aromatic rings. The standard InChI is InChI=1S/C19H16N4O4/c1-10-12(16(24)22(4)18(26)14(10)9-20)7-6-8-13-11(2)15(21-3)19(27)23(5)17(13)25/h6-8,27H,1-2,4-5H3. The molecule has 1 aliphatic heterocycles. The number of amides is 2. The Kier molecular flexibility index (Phi) is 5.14. The maximum absolute atomic E-state index is 12.3. The van der Waals surface area contributed by atoms with Crippen molar-refractivity contribution in [2.24, 2.45) is 7.05 Å². The SMILES string of the molecule is [C-]#[N+]c1c(C)c(C=CC=C2C(=O)N(C)C(=O)C(C#N)=C2C)c(=O)n(C)c1O. The maximum Gasteiger partial charge on any atom is 0.271 e. The Morgan fingerprint density at radius 3 is 2.37 bits per heavy atom. The van der Waals surface area contributed by atoms with Gasteiger partial charge in [0.15, 0.2) is 5.88 Å². The van der Waals surface area contributed by atoms with Crippen molar-refractivity contribution in [3.63, 3.8) is 0 Å². The van der Waals surface area contributed by atoms with Gasteiger partial charge >= 0.3 is 0 Å². The van der Waals surface area contributed by atoms with E-state index in [1.54, 1.807) is 13.0 Å². The lowest BCUT2D eigenvalue weighted by molar-refractivity contribution is -0.138. The minimum Gasteiger partial charge on any atom is -0.503 e. The molecule has 1 aliphatic rings. The highest BCUT2D eigenvalue weighted by Crippen LogP contribution is 2.30. The van der Waals surface area contributed by atoms with Crippen LogP contribution in [0.5, 0.6) is 5.88 Å². The van der Waals surface area contributed by atoms with E-state index in [1.165, 1.54) is 39.2 Å². The van der Waals surface area contributed by atoms with Crippen molar-refractivity contribution in [2.45, 2.75) is 13.8 Å². The summed E-state index contributed by atoms with van der Waals surface area (Å²) in [5, 5.41) is 19.0. The number of nitriles is 1. The van der Waals surface area contributed by atoms with E-state index in [1.807, 2.05) is 0 Å². The first-order valence-corrected chi connectivity index (χ1v) is 7.79. The molecule has 2 heterocycles. The van der Waals surface area contributed by atoms with E-state index in [9.17, 15) is 19.5 Å². The van der Waals surface area contributed by atoms with Gasteiger partial charge in [-0.15, -0.1) is 0 Å². The molecule has 0 unspecified atom stereocenters. The number of aromatic nitrogens is 1. The summed E-state index contributed by atoms with van der Waals surface area (Å²) < 4.78 is 0.963. The van der Waals surface area contributed by atoms with Gasteiger partial charge in [-0.2, -0.15) is 5.26 Å². The highest BCUT2D eigenvalue weighted by Gasteiger charge is 2.32. The zero-order valence-corrected chi connectivity index (χ0v) is 15.2. The van der Waals surface area contributed by atoms with Crippen LogP contribution in [0.1, 0.15) is 18.1 Å². The second-order valence-corrected chi connectivity index (χ2v) is 5.91. The summed E-state index contributed by atoms with van der Waals surface area (Å²) in [4.78, 5) is 40.7. The topological polar surface area (TPSA) is 108 Å². The molecule has 0 atom stereocenters. The number of imide groups is 1. The van der Waals surface area contributed by atoms with Gasteiger partial charge in [0.05, 0.1) is 6.57 Å². The second kappa shape index (κ2) is 7.14. The van der Waals surface area contributed by atoms with Crippen molar-refractivity contribution in [2.75, 3.05) is 7.05 Å². The molecule has 1 aromatic heterocycles. The van der Waals surface area contributed by atoms with Gasteiger partial charge in [0.25, 0.3) is 17.4 Å². The summed E-state index contributed by atoms with van der Waals surface area (Å²) in [7, 11) is 2.63. The zero-order chi connectivity index (χ0) is 20.5. The molecule has 0 spiro atoms. The molecule has 0 aliphatic carbocycles. The van der Waals surface area contributed by atoms with Crippen molar-refractivity contribution in [1.29, 1.82) is 5.26 Å². The fourth-order valence-corrected chi connectivity index (χ4v) is 2.69. The first kappa shape index (κ1) is 19.4. The normalized spacial score (nSPS) is 16.2. The van der Waals surface area contributed by atoms with Crippen LogP contribution in [0.15, 0.2) is 33.7 Å². The Morgan fingerprint density at radius 2 is 1.81 bits per heavy atom.